The van der Waals surface area contributed by atoms with Crippen LogP contribution in [0, 0.1) is 0 Å². The third kappa shape index (κ3) is 3.52. The number of hydrogen-bond acceptors (Lipinski definition) is 7. The van der Waals surface area contributed by atoms with E-state index >= 15 is 0 Å². The van der Waals surface area contributed by atoms with Gasteiger partial charge in [0.2, 0.25) is 5.75 Å². The summed E-state index contributed by atoms with van der Waals surface area (Å²) in [5.74, 6) is -2.35. The van der Waals surface area contributed by atoms with Crippen molar-refractivity contribution in [3.8, 4) is 17.2 Å². The minimum absolute atomic E-state index is 0.224. The molecule has 9 heteroatoms. The average molecular weight is 304 g/mol. The highest BCUT2D eigenvalue weighted by Gasteiger charge is 2.25. The molecular formula is C11H12O8S. The predicted octanol–water partition coefficient (Wildman–Crippen LogP) is 0.528. The lowest BCUT2D eigenvalue weighted by Gasteiger charge is -2.12. The molecule has 1 aromatic rings. The van der Waals surface area contributed by atoms with E-state index in [2.05, 4.69) is 4.18 Å². The van der Waals surface area contributed by atoms with Crippen molar-refractivity contribution in [2.24, 2.45) is 0 Å². The van der Waals surface area contributed by atoms with Gasteiger partial charge in [-0.3, -0.25) is 9.35 Å². The summed E-state index contributed by atoms with van der Waals surface area (Å²) in [7, 11) is -4.83. The topological polar surface area (TPSA) is 130 Å². The molecule has 0 amide bonds. The van der Waals surface area contributed by atoms with Crippen LogP contribution >= 0.6 is 0 Å². The first-order valence-corrected chi connectivity index (χ1v) is 7.02. The van der Waals surface area contributed by atoms with Crippen molar-refractivity contribution >= 4 is 16.4 Å². The van der Waals surface area contributed by atoms with Crippen molar-refractivity contribution in [3.63, 3.8) is 0 Å². The summed E-state index contributed by atoms with van der Waals surface area (Å²) in [4.78, 5) is 11.0. The van der Waals surface area contributed by atoms with E-state index in [1.165, 1.54) is 6.07 Å². The van der Waals surface area contributed by atoms with E-state index in [-0.39, 0.29) is 18.5 Å². The number of carbonyl (C=O) groups is 1. The van der Waals surface area contributed by atoms with Gasteiger partial charge in [-0.25, -0.2) is 0 Å². The fourth-order valence-corrected chi connectivity index (χ4v) is 2.29. The second-order valence-corrected chi connectivity index (χ2v) is 5.35. The van der Waals surface area contributed by atoms with Crippen LogP contribution in [0.25, 0.3) is 0 Å². The standard InChI is InChI=1S/C11H12O8S/c12-8-4-6(3-7-1-2-10(13)18-7)5-9(11(8)14)19-20(15,16)17/h4-5,7,12,14H,1-3H2,(H,15,16,17). The highest BCUT2D eigenvalue weighted by molar-refractivity contribution is 7.81. The van der Waals surface area contributed by atoms with Crippen molar-refractivity contribution in [2.45, 2.75) is 25.4 Å². The van der Waals surface area contributed by atoms with Gasteiger partial charge in [0.1, 0.15) is 6.10 Å². The van der Waals surface area contributed by atoms with Gasteiger partial charge >= 0.3 is 16.4 Å². The van der Waals surface area contributed by atoms with Gasteiger partial charge in [-0.05, 0) is 24.1 Å². The summed E-state index contributed by atoms with van der Waals surface area (Å²) in [6.07, 6.45) is 0.643. The zero-order valence-corrected chi connectivity index (χ0v) is 11.0. The number of phenolic OH excluding ortho intramolecular Hbond substituents is 2. The number of ether oxygens (including phenoxy) is 1. The number of aromatic hydroxyl groups is 2. The Morgan fingerprint density at radius 3 is 2.60 bits per heavy atom. The molecule has 1 heterocycles. The Bertz CT molecular complexity index is 636. The van der Waals surface area contributed by atoms with Gasteiger partial charge in [-0.15, -0.1) is 0 Å². The number of rotatable bonds is 4. The van der Waals surface area contributed by atoms with E-state index in [1.54, 1.807) is 0 Å². The van der Waals surface area contributed by atoms with Gasteiger partial charge in [-0.1, -0.05) is 0 Å². The molecule has 8 nitrogen and oxygen atoms in total. The number of hydrogen-bond donors (Lipinski definition) is 3. The van der Waals surface area contributed by atoms with Gasteiger partial charge in [0, 0.05) is 12.8 Å². The minimum Gasteiger partial charge on any atom is -0.504 e. The highest BCUT2D eigenvalue weighted by atomic mass is 32.3. The third-order valence-electron chi connectivity index (χ3n) is 2.74. The molecule has 0 aliphatic carbocycles. The number of phenols is 2. The van der Waals surface area contributed by atoms with Crippen LogP contribution < -0.4 is 4.18 Å². The van der Waals surface area contributed by atoms with Crippen molar-refractivity contribution in [3.05, 3.63) is 17.7 Å². The Labute approximate surface area is 114 Å². The van der Waals surface area contributed by atoms with Crippen molar-refractivity contribution in [1.82, 2.24) is 0 Å². The second kappa shape index (κ2) is 5.17. The summed E-state index contributed by atoms with van der Waals surface area (Å²) < 4.78 is 39.0. The molecule has 110 valence electrons. The normalized spacial score (nSPS) is 18.9. The Balaban J connectivity index is 2.24. The third-order valence-corrected chi connectivity index (χ3v) is 3.13. The molecule has 0 radical (unpaired) electrons. The number of benzene rings is 1. The Kier molecular flexibility index (Phi) is 3.73. The molecule has 3 N–H and O–H groups in total. The van der Waals surface area contributed by atoms with Crippen LogP contribution in [0.1, 0.15) is 18.4 Å². The molecule has 0 bridgehead atoms. The highest BCUT2D eigenvalue weighted by Crippen LogP contribution is 2.38. The van der Waals surface area contributed by atoms with E-state index in [0.29, 0.717) is 18.4 Å². The summed E-state index contributed by atoms with van der Waals surface area (Å²) in [5.41, 5.74) is 0.388. The molecule has 20 heavy (non-hydrogen) atoms. The first-order chi connectivity index (χ1) is 9.24. The SMILES string of the molecule is O=C1CCC(Cc2cc(O)c(O)c(OS(=O)(=O)O)c2)O1. The zero-order chi connectivity index (χ0) is 14.9. The maximum absolute atomic E-state index is 11.0. The van der Waals surface area contributed by atoms with E-state index in [4.69, 9.17) is 9.29 Å². The van der Waals surface area contributed by atoms with E-state index in [1.807, 2.05) is 0 Å². The molecule has 0 aromatic heterocycles. The molecule has 2 rings (SSSR count). The molecule has 1 fully saturated rings. The number of cyclic esters (lactones) is 1. The summed E-state index contributed by atoms with van der Waals surface area (Å²) in [5, 5.41) is 18.9. The fourth-order valence-electron chi connectivity index (χ4n) is 1.93. The molecule has 1 aromatic carbocycles. The van der Waals surface area contributed by atoms with E-state index in [9.17, 15) is 23.4 Å². The van der Waals surface area contributed by atoms with Gasteiger partial charge in [-0.2, -0.15) is 8.42 Å². The molecule has 0 spiro atoms. The number of carbonyl (C=O) groups excluding carboxylic acids is 1. The minimum atomic E-state index is -4.83. The lowest BCUT2D eigenvalue weighted by Crippen LogP contribution is -2.11. The predicted molar refractivity (Wildman–Crippen MR) is 64.8 cm³/mol. The Morgan fingerprint density at radius 1 is 1.35 bits per heavy atom. The monoisotopic (exact) mass is 304 g/mol. The molecule has 1 aliphatic heterocycles. The van der Waals surface area contributed by atoms with Crippen LogP contribution in [0.15, 0.2) is 12.1 Å². The summed E-state index contributed by atoms with van der Waals surface area (Å²) >= 11 is 0. The maximum Gasteiger partial charge on any atom is 0.446 e. The van der Waals surface area contributed by atoms with E-state index in [0.717, 1.165) is 6.07 Å². The van der Waals surface area contributed by atoms with Crippen LogP contribution in [-0.2, 0) is 26.4 Å². The molecule has 1 aliphatic rings. The molecule has 1 saturated heterocycles. The van der Waals surface area contributed by atoms with Gasteiger partial charge in [0.25, 0.3) is 0 Å². The van der Waals surface area contributed by atoms with Crippen molar-refractivity contribution < 1.29 is 36.9 Å². The number of esters is 1. The van der Waals surface area contributed by atoms with Crippen LogP contribution in [0.3, 0.4) is 0 Å². The van der Waals surface area contributed by atoms with Crippen molar-refractivity contribution in [1.29, 1.82) is 0 Å². The zero-order valence-electron chi connectivity index (χ0n) is 10.1. The fraction of sp³-hybridized carbons (Fsp3) is 0.364. The average Bonchev–Trinajstić information content (AvgIpc) is 2.69. The lowest BCUT2D eigenvalue weighted by atomic mass is 10.0. The smallest absolute Gasteiger partial charge is 0.446 e. The molecular weight excluding hydrogens is 292 g/mol. The molecule has 1 atom stereocenters. The first-order valence-electron chi connectivity index (χ1n) is 5.66. The van der Waals surface area contributed by atoms with Crippen molar-refractivity contribution in [2.75, 3.05) is 0 Å². The van der Waals surface area contributed by atoms with Gasteiger partial charge < -0.3 is 19.1 Å². The van der Waals surface area contributed by atoms with Crippen LogP contribution in [0.5, 0.6) is 17.2 Å². The van der Waals surface area contributed by atoms with Crippen LogP contribution in [-0.4, -0.2) is 35.3 Å². The molecule has 1 unspecified atom stereocenters. The second-order valence-electron chi connectivity index (χ2n) is 4.33. The lowest BCUT2D eigenvalue weighted by molar-refractivity contribution is -0.141. The van der Waals surface area contributed by atoms with Gasteiger partial charge in [0.05, 0.1) is 0 Å². The van der Waals surface area contributed by atoms with Gasteiger partial charge in [0.15, 0.2) is 11.5 Å². The first kappa shape index (κ1) is 14.4. The maximum atomic E-state index is 11.0. The Morgan fingerprint density at radius 2 is 2.05 bits per heavy atom. The Hall–Kier alpha value is -2.00. The van der Waals surface area contributed by atoms with Crippen LogP contribution in [0.4, 0.5) is 0 Å². The van der Waals surface area contributed by atoms with Crippen LogP contribution in [0.2, 0.25) is 0 Å². The summed E-state index contributed by atoms with van der Waals surface area (Å²) in [6, 6.07) is 2.33. The quantitative estimate of drug-likeness (QED) is 0.417. The summed E-state index contributed by atoms with van der Waals surface area (Å²) in [6.45, 7) is 0. The molecule has 0 saturated carbocycles. The largest absolute Gasteiger partial charge is 0.504 e. The van der Waals surface area contributed by atoms with E-state index < -0.39 is 27.6 Å².